The zero-order chi connectivity index (χ0) is 22.7. The van der Waals surface area contributed by atoms with Crippen LogP contribution in [-0.4, -0.2) is 41.7 Å². The molecule has 0 aliphatic rings. The van der Waals surface area contributed by atoms with Crippen LogP contribution in [0.4, 0.5) is 10.1 Å². The van der Waals surface area contributed by atoms with Gasteiger partial charge >= 0.3 is 0 Å². The second kappa shape index (κ2) is 8.99. The van der Waals surface area contributed by atoms with Gasteiger partial charge in [-0.15, -0.1) is 0 Å². The predicted molar refractivity (Wildman–Crippen MR) is 121 cm³/mol. The molecule has 0 aliphatic heterocycles. The third-order valence-electron chi connectivity index (χ3n) is 4.94. The van der Waals surface area contributed by atoms with Gasteiger partial charge in [-0.05, 0) is 35.4 Å². The largest absolute Gasteiger partial charge is 0.497 e. The number of rotatable bonds is 7. The first-order chi connectivity index (χ1) is 15.5. The minimum Gasteiger partial charge on any atom is -0.497 e. The number of carbonyl (C=O) groups excluding carboxylic acids is 1. The van der Waals surface area contributed by atoms with Gasteiger partial charge in [0.25, 0.3) is 5.91 Å². The molecular formula is C24H21FN4O3. The van der Waals surface area contributed by atoms with Crippen LogP contribution in [0.25, 0.3) is 33.3 Å². The Labute approximate surface area is 183 Å². The average Bonchev–Trinajstić information content (AvgIpc) is 3.22. The number of pyridine rings is 2. The van der Waals surface area contributed by atoms with E-state index >= 15 is 0 Å². The Kier molecular flexibility index (Phi) is 5.96. The zero-order valence-corrected chi connectivity index (χ0v) is 17.6. The van der Waals surface area contributed by atoms with Gasteiger partial charge in [0.15, 0.2) is 0 Å². The highest BCUT2D eigenvalue weighted by Gasteiger charge is 2.13. The van der Waals surface area contributed by atoms with Crippen LogP contribution in [0.3, 0.4) is 0 Å². The summed E-state index contributed by atoms with van der Waals surface area (Å²) < 4.78 is 24.0. The van der Waals surface area contributed by atoms with Gasteiger partial charge < -0.3 is 19.8 Å². The summed E-state index contributed by atoms with van der Waals surface area (Å²) >= 11 is 0. The molecule has 0 saturated heterocycles. The number of carbonyl (C=O) groups is 1. The van der Waals surface area contributed by atoms with Crippen LogP contribution in [0.15, 0.2) is 67.1 Å². The van der Waals surface area contributed by atoms with Crippen molar-refractivity contribution in [2.24, 2.45) is 0 Å². The maximum Gasteiger partial charge on any atom is 0.253 e. The summed E-state index contributed by atoms with van der Waals surface area (Å²) in [7, 11) is 3.05. The summed E-state index contributed by atoms with van der Waals surface area (Å²) in [5, 5.41) is 3.64. The van der Waals surface area contributed by atoms with Crippen LogP contribution in [0, 0.1) is 5.95 Å². The lowest BCUT2D eigenvalue weighted by Crippen LogP contribution is -2.16. The molecule has 4 aromatic rings. The molecule has 0 unspecified atom stereocenters. The summed E-state index contributed by atoms with van der Waals surface area (Å²) in [6.07, 6.45) is 4.93. The van der Waals surface area contributed by atoms with Crippen LogP contribution < -0.4 is 10.1 Å². The van der Waals surface area contributed by atoms with Crippen molar-refractivity contribution in [2.75, 3.05) is 26.1 Å². The number of halogens is 1. The van der Waals surface area contributed by atoms with E-state index in [2.05, 4.69) is 26.8 Å². The summed E-state index contributed by atoms with van der Waals surface area (Å²) in [5.74, 6) is -0.322. The van der Waals surface area contributed by atoms with Crippen molar-refractivity contribution < 1.29 is 18.7 Å². The molecule has 0 bridgehead atoms. The molecule has 3 aromatic heterocycles. The molecule has 1 amide bonds. The van der Waals surface area contributed by atoms with Crippen molar-refractivity contribution in [3.8, 4) is 28.0 Å². The summed E-state index contributed by atoms with van der Waals surface area (Å²) in [6.45, 7) is 3.86. The summed E-state index contributed by atoms with van der Waals surface area (Å²) in [5.41, 5.74) is 4.63. The first-order valence-corrected chi connectivity index (χ1v) is 9.75. The topological polar surface area (TPSA) is 89.1 Å². The molecule has 0 atom stereocenters. The molecule has 3 heterocycles. The number of nitrogens with zero attached hydrogens (tertiary/aromatic N) is 2. The standard InChI is InChI=1S/C24H21FN4O3/c1-14(13-31-2)24(30)29-18-6-16(7-19(10-18)32-3)17-8-20-21(12-28-23(20)27-11-17)15-4-5-26-22(25)9-15/h4-12H,1,13H2,2-3H3,(H,27,28)(H,29,30). The molecule has 32 heavy (non-hydrogen) atoms. The van der Waals surface area contributed by atoms with Crippen molar-refractivity contribution in [1.82, 2.24) is 15.0 Å². The number of hydrogen-bond acceptors (Lipinski definition) is 5. The van der Waals surface area contributed by atoms with Crippen molar-refractivity contribution in [3.63, 3.8) is 0 Å². The SMILES string of the molecule is C=C(COC)C(=O)Nc1cc(OC)cc(-c2cnc3[nH]cc(-c4ccnc(F)c4)c3c2)c1. The number of benzene rings is 1. The smallest absolute Gasteiger partial charge is 0.253 e. The summed E-state index contributed by atoms with van der Waals surface area (Å²) in [6, 6.07) is 10.5. The van der Waals surface area contributed by atoms with E-state index in [-0.39, 0.29) is 12.5 Å². The second-order valence-electron chi connectivity index (χ2n) is 7.13. The van der Waals surface area contributed by atoms with Crippen LogP contribution in [0.2, 0.25) is 0 Å². The van der Waals surface area contributed by atoms with E-state index in [0.29, 0.717) is 28.2 Å². The molecule has 0 radical (unpaired) electrons. The van der Waals surface area contributed by atoms with Gasteiger partial charge in [0.05, 0.1) is 13.7 Å². The zero-order valence-electron chi connectivity index (χ0n) is 17.6. The van der Waals surface area contributed by atoms with Gasteiger partial charge in [-0.25, -0.2) is 9.97 Å². The number of fused-ring (bicyclic) bond motifs is 1. The minimum absolute atomic E-state index is 0.134. The number of ether oxygens (including phenoxy) is 2. The number of methoxy groups -OCH3 is 2. The van der Waals surface area contributed by atoms with E-state index in [4.69, 9.17) is 9.47 Å². The van der Waals surface area contributed by atoms with Gasteiger partial charge in [0.1, 0.15) is 11.4 Å². The Morgan fingerprint density at radius 3 is 2.72 bits per heavy atom. The normalized spacial score (nSPS) is 10.8. The lowest BCUT2D eigenvalue weighted by atomic mass is 10.0. The van der Waals surface area contributed by atoms with E-state index in [1.807, 2.05) is 18.2 Å². The molecule has 1 aromatic carbocycles. The Hall–Kier alpha value is -4.04. The lowest BCUT2D eigenvalue weighted by Gasteiger charge is -2.12. The van der Waals surface area contributed by atoms with Gasteiger partial charge in [-0.2, -0.15) is 4.39 Å². The highest BCUT2D eigenvalue weighted by molar-refractivity contribution is 6.04. The fourth-order valence-electron chi connectivity index (χ4n) is 3.39. The Balaban J connectivity index is 1.74. The van der Waals surface area contributed by atoms with E-state index in [9.17, 15) is 9.18 Å². The monoisotopic (exact) mass is 432 g/mol. The van der Waals surface area contributed by atoms with E-state index in [1.165, 1.54) is 19.4 Å². The Morgan fingerprint density at radius 2 is 1.97 bits per heavy atom. The fraction of sp³-hybridized carbons (Fsp3) is 0.125. The van der Waals surface area contributed by atoms with E-state index < -0.39 is 5.95 Å². The van der Waals surface area contributed by atoms with Crippen LogP contribution in [0.1, 0.15) is 0 Å². The van der Waals surface area contributed by atoms with Crippen molar-refractivity contribution >= 4 is 22.6 Å². The molecule has 0 spiro atoms. The van der Waals surface area contributed by atoms with Gasteiger partial charge in [0, 0.05) is 65.6 Å². The first kappa shape index (κ1) is 21.2. The third-order valence-corrected chi connectivity index (χ3v) is 4.94. The third kappa shape index (κ3) is 4.35. The molecule has 0 aliphatic carbocycles. The number of hydrogen-bond donors (Lipinski definition) is 2. The number of anilines is 1. The molecule has 0 fully saturated rings. The molecule has 2 N–H and O–H groups in total. The first-order valence-electron chi connectivity index (χ1n) is 9.75. The Morgan fingerprint density at radius 1 is 1.12 bits per heavy atom. The number of nitrogens with one attached hydrogen (secondary N) is 2. The highest BCUT2D eigenvalue weighted by Crippen LogP contribution is 2.33. The van der Waals surface area contributed by atoms with E-state index in [0.717, 1.165) is 22.1 Å². The number of H-pyrrole nitrogens is 1. The highest BCUT2D eigenvalue weighted by atomic mass is 19.1. The number of aromatic amines is 1. The quantitative estimate of drug-likeness (QED) is 0.330. The van der Waals surface area contributed by atoms with E-state index in [1.54, 1.807) is 31.6 Å². The molecule has 0 saturated carbocycles. The van der Waals surface area contributed by atoms with Crippen molar-refractivity contribution in [1.29, 1.82) is 0 Å². The maximum atomic E-state index is 13.6. The minimum atomic E-state index is -0.552. The Bertz CT molecular complexity index is 1320. The van der Waals surface area contributed by atoms with Gasteiger partial charge in [0.2, 0.25) is 5.95 Å². The summed E-state index contributed by atoms with van der Waals surface area (Å²) in [4.78, 5) is 23.6. The van der Waals surface area contributed by atoms with Crippen LogP contribution >= 0.6 is 0 Å². The average molecular weight is 432 g/mol. The van der Waals surface area contributed by atoms with Crippen LogP contribution in [0.5, 0.6) is 5.75 Å². The van der Waals surface area contributed by atoms with Gasteiger partial charge in [-0.3, -0.25) is 4.79 Å². The maximum absolute atomic E-state index is 13.6. The fourth-order valence-corrected chi connectivity index (χ4v) is 3.39. The number of amides is 1. The molecule has 4 rings (SSSR count). The molecule has 162 valence electrons. The van der Waals surface area contributed by atoms with Gasteiger partial charge in [-0.1, -0.05) is 6.58 Å². The molecule has 8 heteroatoms. The lowest BCUT2D eigenvalue weighted by molar-refractivity contribution is -0.113. The van der Waals surface area contributed by atoms with Crippen molar-refractivity contribution in [3.05, 3.63) is 73.1 Å². The molecular weight excluding hydrogens is 411 g/mol. The second-order valence-corrected chi connectivity index (χ2v) is 7.13. The number of aromatic nitrogens is 3. The predicted octanol–water partition coefficient (Wildman–Crippen LogP) is 4.58. The van der Waals surface area contributed by atoms with Crippen LogP contribution in [-0.2, 0) is 9.53 Å². The van der Waals surface area contributed by atoms with Crippen molar-refractivity contribution in [2.45, 2.75) is 0 Å². The molecule has 7 nitrogen and oxygen atoms in total.